The van der Waals surface area contributed by atoms with E-state index in [1.54, 1.807) is 6.20 Å². The van der Waals surface area contributed by atoms with Crippen molar-refractivity contribution in [2.45, 2.75) is 0 Å². The summed E-state index contributed by atoms with van der Waals surface area (Å²) in [5.74, 6) is 1.16. The summed E-state index contributed by atoms with van der Waals surface area (Å²) in [6.07, 6.45) is 3.18. The molecule has 0 aliphatic rings. The van der Waals surface area contributed by atoms with Crippen LogP contribution in [0.25, 0.3) is 0 Å². The van der Waals surface area contributed by atoms with Crippen molar-refractivity contribution in [3.63, 3.8) is 0 Å². The van der Waals surface area contributed by atoms with Crippen LogP contribution in [0.4, 0.5) is 11.6 Å². The van der Waals surface area contributed by atoms with E-state index in [-0.39, 0.29) is 0 Å². The van der Waals surface area contributed by atoms with Gasteiger partial charge in [0.2, 0.25) is 0 Å². The van der Waals surface area contributed by atoms with E-state index in [0.29, 0.717) is 5.82 Å². The van der Waals surface area contributed by atoms with Crippen molar-refractivity contribution in [3.8, 4) is 0 Å². The van der Waals surface area contributed by atoms with Crippen LogP contribution in [0.3, 0.4) is 0 Å². The lowest BCUT2D eigenvalue weighted by Gasteiger charge is -2.10. The molecule has 0 aliphatic heterocycles. The van der Waals surface area contributed by atoms with Crippen LogP contribution < -0.4 is 11.1 Å². The number of hydrogen-bond donors (Lipinski definition) is 2. The first-order valence-corrected chi connectivity index (χ1v) is 4.14. The number of aromatic nitrogens is 2. The van der Waals surface area contributed by atoms with Crippen molar-refractivity contribution in [3.05, 3.63) is 12.4 Å². The lowest BCUT2D eigenvalue weighted by Crippen LogP contribution is -2.21. The Bertz CT molecular complexity index is 260. The van der Waals surface area contributed by atoms with Crippen LogP contribution in [0.2, 0.25) is 0 Å². The van der Waals surface area contributed by atoms with Gasteiger partial charge in [0, 0.05) is 13.1 Å². The van der Waals surface area contributed by atoms with E-state index < -0.39 is 0 Å². The molecule has 5 nitrogen and oxygen atoms in total. The van der Waals surface area contributed by atoms with Gasteiger partial charge in [-0.15, -0.1) is 0 Å². The highest BCUT2D eigenvalue weighted by atomic mass is 15.1. The maximum atomic E-state index is 5.47. The highest BCUT2D eigenvalue weighted by Crippen LogP contribution is 2.01. The quantitative estimate of drug-likeness (QED) is 0.686. The molecule has 0 fully saturated rings. The molecule has 1 rings (SSSR count). The zero-order chi connectivity index (χ0) is 9.68. The molecule has 0 spiro atoms. The standard InChI is InChI=1S/C8H15N5/c1-13(2)4-3-11-8-6-10-5-7(9)12-8/h5-6H,3-4H2,1-2H3,(H3,9,11,12). The Kier molecular flexibility index (Phi) is 3.45. The summed E-state index contributed by atoms with van der Waals surface area (Å²) >= 11 is 0. The molecular weight excluding hydrogens is 166 g/mol. The molecule has 0 radical (unpaired) electrons. The minimum atomic E-state index is 0.440. The van der Waals surface area contributed by atoms with E-state index in [1.807, 2.05) is 14.1 Å². The molecule has 1 aromatic heterocycles. The minimum Gasteiger partial charge on any atom is -0.382 e. The number of rotatable bonds is 4. The van der Waals surface area contributed by atoms with Gasteiger partial charge in [-0.1, -0.05) is 0 Å². The zero-order valence-electron chi connectivity index (χ0n) is 7.99. The van der Waals surface area contributed by atoms with Gasteiger partial charge in [-0.2, -0.15) is 0 Å². The van der Waals surface area contributed by atoms with E-state index in [1.165, 1.54) is 6.20 Å². The Morgan fingerprint density at radius 1 is 1.46 bits per heavy atom. The molecule has 0 bridgehead atoms. The molecule has 72 valence electrons. The average molecular weight is 181 g/mol. The first-order chi connectivity index (χ1) is 6.18. The van der Waals surface area contributed by atoms with Crippen LogP contribution in [-0.2, 0) is 0 Å². The summed E-state index contributed by atoms with van der Waals surface area (Å²) in [4.78, 5) is 10.1. The van der Waals surface area contributed by atoms with Crippen molar-refractivity contribution in [1.29, 1.82) is 0 Å². The fourth-order valence-electron chi connectivity index (χ4n) is 0.874. The van der Waals surface area contributed by atoms with Gasteiger partial charge in [0.1, 0.15) is 11.6 Å². The van der Waals surface area contributed by atoms with Gasteiger partial charge in [-0.25, -0.2) is 4.98 Å². The highest BCUT2D eigenvalue weighted by Gasteiger charge is 1.94. The Labute approximate surface area is 78.0 Å². The average Bonchev–Trinajstić information content (AvgIpc) is 2.03. The predicted octanol–water partition coefficient (Wildman–Crippen LogP) is 0.0323. The number of likely N-dealkylation sites (N-methyl/N-ethyl adjacent to an activating group) is 1. The third-order valence-corrected chi connectivity index (χ3v) is 1.52. The largest absolute Gasteiger partial charge is 0.382 e. The number of hydrogen-bond acceptors (Lipinski definition) is 5. The van der Waals surface area contributed by atoms with Crippen molar-refractivity contribution < 1.29 is 0 Å². The van der Waals surface area contributed by atoms with Crippen molar-refractivity contribution in [2.75, 3.05) is 38.2 Å². The molecule has 0 aliphatic carbocycles. The van der Waals surface area contributed by atoms with Gasteiger partial charge in [-0.3, -0.25) is 4.98 Å². The van der Waals surface area contributed by atoms with E-state index >= 15 is 0 Å². The molecule has 5 heteroatoms. The SMILES string of the molecule is CN(C)CCNc1cncc(N)n1. The molecule has 0 amide bonds. The Morgan fingerprint density at radius 3 is 2.85 bits per heavy atom. The molecule has 0 aromatic carbocycles. The molecule has 0 saturated heterocycles. The second-order valence-corrected chi connectivity index (χ2v) is 3.06. The van der Waals surface area contributed by atoms with Crippen LogP contribution in [0, 0.1) is 0 Å². The lowest BCUT2D eigenvalue weighted by atomic mass is 10.5. The smallest absolute Gasteiger partial charge is 0.146 e. The van der Waals surface area contributed by atoms with Gasteiger partial charge < -0.3 is 16.0 Å². The van der Waals surface area contributed by atoms with Crippen LogP contribution in [-0.4, -0.2) is 42.1 Å². The first kappa shape index (κ1) is 9.73. The molecule has 1 heterocycles. The van der Waals surface area contributed by atoms with E-state index in [0.717, 1.165) is 18.9 Å². The number of nitrogens with two attached hydrogens (primary N) is 1. The molecule has 13 heavy (non-hydrogen) atoms. The van der Waals surface area contributed by atoms with Crippen LogP contribution in [0.15, 0.2) is 12.4 Å². The maximum absolute atomic E-state index is 5.47. The fraction of sp³-hybridized carbons (Fsp3) is 0.500. The van der Waals surface area contributed by atoms with Crippen LogP contribution in [0.1, 0.15) is 0 Å². The number of anilines is 2. The lowest BCUT2D eigenvalue weighted by molar-refractivity contribution is 0.425. The Morgan fingerprint density at radius 2 is 2.23 bits per heavy atom. The van der Waals surface area contributed by atoms with E-state index in [2.05, 4.69) is 20.2 Å². The molecule has 0 unspecified atom stereocenters. The van der Waals surface area contributed by atoms with Crippen LogP contribution in [0.5, 0.6) is 0 Å². The molecular formula is C8H15N5. The predicted molar refractivity (Wildman–Crippen MR) is 53.5 cm³/mol. The third-order valence-electron chi connectivity index (χ3n) is 1.52. The zero-order valence-corrected chi connectivity index (χ0v) is 7.99. The summed E-state index contributed by atoms with van der Waals surface area (Å²) in [5.41, 5.74) is 5.47. The van der Waals surface area contributed by atoms with E-state index in [4.69, 9.17) is 5.73 Å². The summed E-state index contributed by atoms with van der Waals surface area (Å²) in [5, 5.41) is 3.12. The second kappa shape index (κ2) is 4.61. The van der Waals surface area contributed by atoms with Crippen molar-refractivity contribution >= 4 is 11.6 Å². The number of nitrogens with zero attached hydrogens (tertiary/aromatic N) is 3. The molecule has 0 saturated carbocycles. The highest BCUT2D eigenvalue weighted by molar-refractivity contribution is 5.38. The summed E-state index contributed by atoms with van der Waals surface area (Å²) < 4.78 is 0. The van der Waals surface area contributed by atoms with Gasteiger partial charge in [0.15, 0.2) is 0 Å². The summed E-state index contributed by atoms with van der Waals surface area (Å²) in [6, 6.07) is 0. The van der Waals surface area contributed by atoms with Gasteiger partial charge in [0.05, 0.1) is 12.4 Å². The Hall–Kier alpha value is -1.36. The van der Waals surface area contributed by atoms with Gasteiger partial charge in [0.25, 0.3) is 0 Å². The molecule has 0 atom stereocenters. The van der Waals surface area contributed by atoms with Crippen molar-refractivity contribution in [1.82, 2.24) is 14.9 Å². The maximum Gasteiger partial charge on any atom is 0.146 e. The topological polar surface area (TPSA) is 67.1 Å². The monoisotopic (exact) mass is 181 g/mol. The summed E-state index contributed by atoms with van der Waals surface area (Å²) in [7, 11) is 4.04. The van der Waals surface area contributed by atoms with Gasteiger partial charge in [-0.05, 0) is 14.1 Å². The Balaban J connectivity index is 2.37. The third kappa shape index (κ3) is 3.71. The number of nitrogen functional groups attached to an aromatic ring is 1. The first-order valence-electron chi connectivity index (χ1n) is 4.14. The molecule has 3 N–H and O–H groups in total. The van der Waals surface area contributed by atoms with Crippen LogP contribution >= 0.6 is 0 Å². The normalized spacial score (nSPS) is 10.4. The fourth-order valence-corrected chi connectivity index (χ4v) is 0.874. The molecule has 1 aromatic rings. The van der Waals surface area contributed by atoms with Crippen molar-refractivity contribution in [2.24, 2.45) is 0 Å². The van der Waals surface area contributed by atoms with Gasteiger partial charge >= 0.3 is 0 Å². The summed E-state index contributed by atoms with van der Waals surface area (Å²) in [6.45, 7) is 1.79. The van der Waals surface area contributed by atoms with E-state index in [9.17, 15) is 0 Å². The second-order valence-electron chi connectivity index (χ2n) is 3.06. The minimum absolute atomic E-state index is 0.440. The number of nitrogens with one attached hydrogen (secondary N) is 1.